The molecule has 144 valence electrons. The van der Waals surface area contributed by atoms with Crippen LogP contribution in [0.3, 0.4) is 0 Å². The molecule has 2 aromatic rings. The maximum absolute atomic E-state index is 12.0. The third kappa shape index (κ3) is 8.60. The van der Waals surface area contributed by atoms with Gasteiger partial charge in [-0.25, -0.2) is 0 Å². The van der Waals surface area contributed by atoms with Crippen LogP contribution in [0, 0.1) is 0 Å². The molecule has 2 N–H and O–H groups in total. The highest BCUT2D eigenvalue weighted by Crippen LogP contribution is 2.21. The predicted octanol–water partition coefficient (Wildman–Crippen LogP) is 3.75. The molecule has 0 saturated carbocycles. The molecule has 0 aromatic heterocycles. The average Bonchev–Trinajstić information content (AvgIpc) is 2.61. The van der Waals surface area contributed by atoms with E-state index < -0.39 is 0 Å². The molecule has 0 aliphatic carbocycles. The van der Waals surface area contributed by atoms with Gasteiger partial charge in [-0.2, -0.15) is 0 Å². The number of rotatable bonds is 9. The molecule has 0 aliphatic rings. The third-order valence-corrected chi connectivity index (χ3v) is 5.11. The normalized spacial score (nSPS) is 10.7. The summed E-state index contributed by atoms with van der Waals surface area (Å²) in [4.78, 5) is 26.8. The summed E-state index contributed by atoms with van der Waals surface area (Å²) in [7, 11) is 3.70. The van der Waals surface area contributed by atoms with Crippen LogP contribution in [0.5, 0.6) is 0 Å². The molecule has 0 bridgehead atoms. The van der Waals surface area contributed by atoms with Gasteiger partial charge in [0.25, 0.3) is 0 Å². The van der Waals surface area contributed by atoms with E-state index in [1.807, 2.05) is 67.5 Å². The molecule has 0 fully saturated rings. The summed E-state index contributed by atoms with van der Waals surface area (Å²) >= 11 is 5.07. The van der Waals surface area contributed by atoms with E-state index in [2.05, 4.69) is 26.6 Å². The molecule has 27 heavy (non-hydrogen) atoms. The molecule has 2 rings (SSSR count). The first kappa shape index (κ1) is 21.5. The zero-order chi connectivity index (χ0) is 19.6. The van der Waals surface area contributed by atoms with Gasteiger partial charge in [-0.1, -0.05) is 28.1 Å². The Morgan fingerprint density at radius 3 is 2.52 bits per heavy atom. The fourth-order valence-corrected chi connectivity index (χ4v) is 3.44. The van der Waals surface area contributed by atoms with Crippen LogP contribution >= 0.6 is 27.7 Å². The van der Waals surface area contributed by atoms with Gasteiger partial charge in [0.05, 0.1) is 6.54 Å². The van der Waals surface area contributed by atoms with E-state index in [4.69, 9.17) is 0 Å². The van der Waals surface area contributed by atoms with E-state index >= 15 is 0 Å². The molecule has 2 amide bonds. The van der Waals surface area contributed by atoms with Crippen LogP contribution in [0.1, 0.15) is 12.0 Å². The van der Waals surface area contributed by atoms with Crippen LogP contribution in [0.4, 0.5) is 5.69 Å². The van der Waals surface area contributed by atoms with Crippen molar-refractivity contribution in [2.45, 2.75) is 17.9 Å². The van der Waals surface area contributed by atoms with E-state index in [1.165, 1.54) is 0 Å². The van der Waals surface area contributed by atoms with E-state index in [-0.39, 0.29) is 11.8 Å². The van der Waals surface area contributed by atoms with Crippen LogP contribution in [0.15, 0.2) is 57.9 Å². The van der Waals surface area contributed by atoms with Gasteiger partial charge >= 0.3 is 0 Å². The molecule has 2 aromatic carbocycles. The lowest BCUT2D eigenvalue weighted by molar-refractivity contribution is -0.121. The molecule has 0 atom stereocenters. The molecular weight excluding hydrogens is 426 g/mol. The lowest BCUT2D eigenvalue weighted by Gasteiger charge is -2.11. The Morgan fingerprint density at radius 1 is 1.07 bits per heavy atom. The van der Waals surface area contributed by atoms with Crippen molar-refractivity contribution < 1.29 is 9.59 Å². The molecule has 7 heteroatoms. The fourth-order valence-electron chi connectivity index (χ4n) is 2.33. The van der Waals surface area contributed by atoms with Gasteiger partial charge in [-0.05, 0) is 56.1 Å². The maximum Gasteiger partial charge on any atom is 0.238 e. The summed E-state index contributed by atoms with van der Waals surface area (Å²) in [6.45, 7) is 0.774. The van der Waals surface area contributed by atoms with Gasteiger partial charge in [0.1, 0.15) is 0 Å². The second kappa shape index (κ2) is 11.1. The van der Waals surface area contributed by atoms with Crippen molar-refractivity contribution in [2.75, 3.05) is 31.7 Å². The lowest BCUT2D eigenvalue weighted by Crippen LogP contribution is -2.27. The smallest absolute Gasteiger partial charge is 0.238 e. The second-order valence-electron chi connectivity index (χ2n) is 6.32. The molecular formula is C20H24BrN3O2S. The number of carbonyl (C=O) groups excluding carboxylic acids is 2. The van der Waals surface area contributed by atoms with Gasteiger partial charge < -0.3 is 15.5 Å². The van der Waals surface area contributed by atoms with Crippen molar-refractivity contribution >= 4 is 45.2 Å². The summed E-state index contributed by atoms with van der Waals surface area (Å²) in [6.07, 6.45) is 0.458. The fraction of sp³-hybridized carbons (Fsp3) is 0.300. The van der Waals surface area contributed by atoms with Crippen LogP contribution in [0.2, 0.25) is 0 Å². The Morgan fingerprint density at radius 2 is 1.81 bits per heavy atom. The zero-order valence-electron chi connectivity index (χ0n) is 15.5. The number of amides is 2. The van der Waals surface area contributed by atoms with Crippen LogP contribution in [0.25, 0.3) is 0 Å². The Balaban J connectivity index is 1.73. The minimum atomic E-state index is -0.0637. The molecule has 0 unspecified atom stereocenters. The minimum Gasteiger partial charge on any atom is -0.352 e. The van der Waals surface area contributed by atoms with E-state index in [1.54, 1.807) is 11.8 Å². The highest BCUT2D eigenvalue weighted by molar-refractivity contribution is 9.10. The predicted molar refractivity (Wildman–Crippen MR) is 115 cm³/mol. The third-order valence-electron chi connectivity index (χ3n) is 3.57. The molecule has 5 nitrogen and oxygen atoms in total. The molecule has 0 aliphatic heterocycles. The molecule has 0 heterocycles. The van der Waals surface area contributed by atoms with Crippen LogP contribution < -0.4 is 10.6 Å². The van der Waals surface area contributed by atoms with Crippen LogP contribution in [-0.4, -0.2) is 43.1 Å². The monoisotopic (exact) mass is 449 g/mol. The first-order valence-electron chi connectivity index (χ1n) is 8.61. The van der Waals surface area contributed by atoms with Crippen molar-refractivity contribution in [1.29, 1.82) is 0 Å². The van der Waals surface area contributed by atoms with E-state index in [0.717, 1.165) is 26.4 Å². The number of nitrogens with one attached hydrogen (secondary N) is 2. The number of hydrogen-bond acceptors (Lipinski definition) is 4. The van der Waals surface area contributed by atoms with Gasteiger partial charge in [0.15, 0.2) is 0 Å². The second-order valence-corrected chi connectivity index (χ2v) is 8.40. The number of hydrogen-bond donors (Lipinski definition) is 2. The summed E-state index contributed by atoms with van der Waals surface area (Å²) < 4.78 is 1.05. The molecule has 0 radical (unpaired) electrons. The lowest BCUT2D eigenvalue weighted by atomic mass is 10.2. The highest BCUT2D eigenvalue weighted by Gasteiger charge is 2.06. The quantitative estimate of drug-likeness (QED) is 0.572. The van der Waals surface area contributed by atoms with E-state index in [0.29, 0.717) is 19.5 Å². The van der Waals surface area contributed by atoms with Crippen molar-refractivity contribution in [3.8, 4) is 0 Å². The van der Waals surface area contributed by atoms with Crippen molar-refractivity contribution in [3.63, 3.8) is 0 Å². The minimum absolute atomic E-state index is 0.0154. The average molecular weight is 450 g/mol. The van der Waals surface area contributed by atoms with Gasteiger partial charge in [0.2, 0.25) is 11.8 Å². The Kier molecular flexibility index (Phi) is 8.84. The standard InChI is InChI=1S/C20H24BrN3O2S/c1-24(2)14-20(26)23-17-5-3-4-15(12-17)13-22-19(25)10-11-27-18-8-6-16(21)7-9-18/h3-9,12H,10-11,13-14H2,1-2H3,(H,22,25)(H,23,26). The summed E-state index contributed by atoms with van der Waals surface area (Å²) in [6, 6.07) is 15.6. The maximum atomic E-state index is 12.0. The topological polar surface area (TPSA) is 61.4 Å². The zero-order valence-corrected chi connectivity index (χ0v) is 17.9. The van der Waals surface area contributed by atoms with Crippen molar-refractivity contribution in [3.05, 3.63) is 58.6 Å². The van der Waals surface area contributed by atoms with Gasteiger partial charge in [0, 0.05) is 33.8 Å². The number of benzene rings is 2. The summed E-state index contributed by atoms with van der Waals surface area (Å²) in [5.74, 6) is 0.682. The number of thioether (sulfide) groups is 1. The number of carbonyl (C=O) groups is 2. The number of anilines is 1. The van der Waals surface area contributed by atoms with Crippen LogP contribution in [-0.2, 0) is 16.1 Å². The highest BCUT2D eigenvalue weighted by atomic mass is 79.9. The Hall–Kier alpha value is -1.83. The number of nitrogens with zero attached hydrogens (tertiary/aromatic N) is 1. The first-order chi connectivity index (χ1) is 12.9. The Bertz CT molecular complexity index is 766. The van der Waals surface area contributed by atoms with Crippen molar-refractivity contribution in [2.24, 2.45) is 0 Å². The van der Waals surface area contributed by atoms with Gasteiger partial charge in [-0.3, -0.25) is 9.59 Å². The molecule has 0 saturated heterocycles. The SMILES string of the molecule is CN(C)CC(=O)Nc1cccc(CNC(=O)CCSc2ccc(Br)cc2)c1. The van der Waals surface area contributed by atoms with E-state index in [9.17, 15) is 9.59 Å². The number of likely N-dealkylation sites (N-methyl/N-ethyl adjacent to an activating group) is 1. The Labute approximate surface area is 173 Å². The first-order valence-corrected chi connectivity index (χ1v) is 10.4. The number of halogens is 1. The summed E-state index contributed by atoms with van der Waals surface area (Å²) in [5, 5.41) is 5.78. The van der Waals surface area contributed by atoms with Crippen molar-refractivity contribution in [1.82, 2.24) is 10.2 Å². The van der Waals surface area contributed by atoms with Gasteiger partial charge in [-0.15, -0.1) is 11.8 Å². The largest absolute Gasteiger partial charge is 0.352 e. The summed E-state index contributed by atoms with van der Waals surface area (Å²) in [5.41, 5.74) is 1.69. The molecule has 0 spiro atoms.